The first-order chi connectivity index (χ1) is 9.01. The summed E-state index contributed by atoms with van der Waals surface area (Å²) in [4.78, 5) is 0.663. The zero-order valence-corrected chi connectivity index (χ0v) is 13.3. The molecular weight excluding hydrogens is 326 g/mol. The zero-order valence-electron chi connectivity index (χ0n) is 10.9. The Labute approximate surface area is 123 Å². The average molecular weight is 342 g/mol. The lowest BCUT2D eigenvalue weighted by atomic mass is 10.3. The number of hydrogen-bond acceptors (Lipinski definition) is 3. The monoisotopic (exact) mass is 341 g/mol. The van der Waals surface area contributed by atoms with Crippen LogP contribution < -0.4 is 5.73 Å². The van der Waals surface area contributed by atoms with Crippen molar-refractivity contribution in [3.63, 3.8) is 0 Å². The van der Waals surface area contributed by atoms with E-state index in [-0.39, 0.29) is 0 Å². The van der Waals surface area contributed by atoms with Gasteiger partial charge in [0.1, 0.15) is 0 Å². The number of nitrogen functional groups attached to an aromatic ring is 1. The molecule has 4 nitrogen and oxygen atoms in total. The molecule has 0 saturated carbocycles. The number of halogens is 1. The number of nitrogens with zero attached hydrogens (tertiary/aromatic N) is 2. The smallest absolute Gasteiger partial charge is 0.0703 e. The fourth-order valence-corrected chi connectivity index (χ4v) is 3.66. The number of nitrogens with two attached hydrogens (primary N) is 1. The van der Waals surface area contributed by atoms with E-state index in [2.05, 4.69) is 21.0 Å². The van der Waals surface area contributed by atoms with E-state index in [1.807, 2.05) is 36.7 Å². The molecular formula is C13H16BrN3OS. The van der Waals surface area contributed by atoms with Crippen molar-refractivity contribution < 1.29 is 4.21 Å². The lowest BCUT2D eigenvalue weighted by molar-refractivity contribution is 0.627. The maximum Gasteiger partial charge on any atom is 0.0703 e. The molecule has 0 saturated heterocycles. The number of anilines is 1. The molecule has 0 aliphatic rings. The van der Waals surface area contributed by atoms with Gasteiger partial charge in [-0.05, 0) is 38.1 Å². The third-order valence-corrected chi connectivity index (χ3v) is 4.68. The summed E-state index contributed by atoms with van der Waals surface area (Å²) in [5.74, 6) is 0.426. The largest absolute Gasteiger partial charge is 0.398 e. The van der Waals surface area contributed by atoms with Gasteiger partial charge >= 0.3 is 0 Å². The normalized spacial score (nSPS) is 12.6. The van der Waals surface area contributed by atoms with Crippen LogP contribution >= 0.6 is 15.9 Å². The van der Waals surface area contributed by atoms with Crippen molar-refractivity contribution in [2.45, 2.75) is 31.0 Å². The molecule has 1 atom stereocenters. The minimum atomic E-state index is -1.17. The van der Waals surface area contributed by atoms with Crippen molar-refractivity contribution in [1.82, 2.24) is 9.78 Å². The van der Waals surface area contributed by atoms with Gasteiger partial charge in [-0.1, -0.05) is 15.9 Å². The van der Waals surface area contributed by atoms with Crippen LogP contribution in [0.1, 0.15) is 18.3 Å². The topological polar surface area (TPSA) is 60.9 Å². The van der Waals surface area contributed by atoms with Crippen LogP contribution in [0.2, 0.25) is 0 Å². The van der Waals surface area contributed by atoms with E-state index in [9.17, 15) is 4.21 Å². The molecule has 19 heavy (non-hydrogen) atoms. The molecule has 2 rings (SSSR count). The summed E-state index contributed by atoms with van der Waals surface area (Å²) in [6.45, 7) is 4.73. The highest BCUT2D eigenvalue weighted by atomic mass is 79.9. The van der Waals surface area contributed by atoms with Gasteiger partial charge in [-0.15, -0.1) is 0 Å². The number of aromatic nitrogens is 2. The third kappa shape index (κ3) is 3.25. The van der Waals surface area contributed by atoms with Gasteiger partial charge in [0.25, 0.3) is 0 Å². The second kappa shape index (κ2) is 5.88. The SMILES string of the molecule is CCn1nc(C)cc1CS(=O)c1cc(Br)ccc1N. The zero-order chi connectivity index (χ0) is 14.0. The third-order valence-electron chi connectivity index (χ3n) is 2.78. The summed E-state index contributed by atoms with van der Waals surface area (Å²) in [6, 6.07) is 7.39. The Morgan fingerprint density at radius 2 is 2.16 bits per heavy atom. The summed E-state index contributed by atoms with van der Waals surface area (Å²) >= 11 is 3.37. The highest BCUT2D eigenvalue weighted by Crippen LogP contribution is 2.23. The molecule has 2 N–H and O–H groups in total. The van der Waals surface area contributed by atoms with Gasteiger partial charge in [-0.25, -0.2) is 0 Å². The van der Waals surface area contributed by atoms with Crippen molar-refractivity contribution >= 4 is 32.4 Å². The summed E-state index contributed by atoms with van der Waals surface area (Å²) in [5.41, 5.74) is 8.35. The molecule has 0 amide bonds. The summed E-state index contributed by atoms with van der Waals surface area (Å²) in [5, 5.41) is 4.36. The standard InChI is InChI=1S/C13H16BrN3OS/c1-3-17-11(6-9(2)16-17)8-19(18)13-7-10(14)4-5-12(13)15/h4-7H,3,8,15H2,1-2H3. The predicted molar refractivity (Wildman–Crippen MR) is 81.3 cm³/mol. The molecule has 6 heteroatoms. The number of benzene rings is 1. The van der Waals surface area contributed by atoms with E-state index < -0.39 is 10.8 Å². The molecule has 102 valence electrons. The van der Waals surface area contributed by atoms with Crippen LogP contribution in [0.5, 0.6) is 0 Å². The van der Waals surface area contributed by atoms with Crippen LogP contribution in [0.4, 0.5) is 5.69 Å². The highest BCUT2D eigenvalue weighted by Gasteiger charge is 2.13. The molecule has 0 aliphatic heterocycles. The molecule has 1 heterocycles. The second-order valence-corrected chi connectivity index (χ2v) is 6.60. The summed E-state index contributed by atoms with van der Waals surface area (Å²) < 4.78 is 15.2. The molecule has 1 aromatic heterocycles. The summed E-state index contributed by atoms with van der Waals surface area (Å²) in [6.07, 6.45) is 0. The Balaban J connectivity index is 2.27. The Morgan fingerprint density at radius 3 is 2.84 bits per heavy atom. The first kappa shape index (κ1) is 14.3. The van der Waals surface area contributed by atoms with Gasteiger partial charge < -0.3 is 5.73 Å². The molecule has 1 aromatic carbocycles. The van der Waals surface area contributed by atoms with Crippen molar-refractivity contribution in [1.29, 1.82) is 0 Å². The molecule has 0 bridgehead atoms. The minimum Gasteiger partial charge on any atom is -0.398 e. The van der Waals surface area contributed by atoms with E-state index in [1.54, 1.807) is 6.07 Å². The Morgan fingerprint density at radius 1 is 1.42 bits per heavy atom. The van der Waals surface area contributed by atoms with E-state index in [0.717, 1.165) is 22.4 Å². The average Bonchev–Trinajstić information content (AvgIpc) is 2.72. The van der Waals surface area contributed by atoms with Crippen LogP contribution in [0.15, 0.2) is 33.6 Å². The fraction of sp³-hybridized carbons (Fsp3) is 0.308. The lowest BCUT2D eigenvalue weighted by Crippen LogP contribution is -2.07. The van der Waals surface area contributed by atoms with Crippen molar-refractivity contribution in [2.75, 3.05) is 5.73 Å². The first-order valence-electron chi connectivity index (χ1n) is 5.98. The molecule has 2 aromatic rings. The molecule has 0 radical (unpaired) electrons. The minimum absolute atomic E-state index is 0.426. The van der Waals surface area contributed by atoms with Crippen LogP contribution in [-0.2, 0) is 23.1 Å². The molecule has 0 aliphatic carbocycles. The molecule has 0 fully saturated rings. The van der Waals surface area contributed by atoms with Gasteiger partial charge in [0.05, 0.1) is 32.8 Å². The number of hydrogen-bond donors (Lipinski definition) is 1. The van der Waals surface area contributed by atoms with Gasteiger partial charge in [-0.2, -0.15) is 5.10 Å². The van der Waals surface area contributed by atoms with Crippen LogP contribution in [-0.4, -0.2) is 14.0 Å². The summed E-state index contributed by atoms with van der Waals surface area (Å²) in [7, 11) is -1.17. The van der Waals surface area contributed by atoms with E-state index in [0.29, 0.717) is 16.3 Å². The van der Waals surface area contributed by atoms with Crippen LogP contribution in [0.3, 0.4) is 0 Å². The van der Waals surface area contributed by atoms with Crippen molar-refractivity contribution in [3.8, 4) is 0 Å². The first-order valence-corrected chi connectivity index (χ1v) is 8.09. The maximum absolute atomic E-state index is 12.4. The Bertz CT molecular complexity index is 624. The van der Waals surface area contributed by atoms with Crippen molar-refractivity contribution in [2.24, 2.45) is 0 Å². The van der Waals surface area contributed by atoms with E-state index in [1.165, 1.54) is 0 Å². The van der Waals surface area contributed by atoms with Crippen LogP contribution in [0, 0.1) is 6.92 Å². The second-order valence-electron chi connectivity index (χ2n) is 4.26. The van der Waals surface area contributed by atoms with Gasteiger partial charge in [0.15, 0.2) is 0 Å². The number of rotatable bonds is 4. The van der Waals surface area contributed by atoms with E-state index in [4.69, 9.17) is 5.73 Å². The maximum atomic E-state index is 12.4. The predicted octanol–water partition coefficient (Wildman–Crippen LogP) is 2.86. The van der Waals surface area contributed by atoms with E-state index >= 15 is 0 Å². The quantitative estimate of drug-likeness (QED) is 0.869. The fourth-order valence-electron chi connectivity index (χ4n) is 1.91. The number of aryl methyl sites for hydroxylation is 2. The Kier molecular flexibility index (Phi) is 4.42. The van der Waals surface area contributed by atoms with Gasteiger partial charge in [0, 0.05) is 16.7 Å². The Hall–Kier alpha value is -1.14. The molecule has 1 unspecified atom stereocenters. The lowest BCUT2D eigenvalue weighted by Gasteiger charge is -2.07. The van der Waals surface area contributed by atoms with Crippen LogP contribution in [0.25, 0.3) is 0 Å². The highest BCUT2D eigenvalue weighted by molar-refractivity contribution is 9.10. The van der Waals surface area contributed by atoms with Gasteiger partial charge in [-0.3, -0.25) is 8.89 Å². The van der Waals surface area contributed by atoms with Gasteiger partial charge in [0.2, 0.25) is 0 Å². The van der Waals surface area contributed by atoms with Crippen molar-refractivity contribution in [3.05, 3.63) is 40.1 Å². The molecule has 0 spiro atoms.